The molecule has 0 fully saturated rings. The molecule has 0 saturated heterocycles. The van der Waals surface area contributed by atoms with E-state index in [1.54, 1.807) is 6.07 Å². The van der Waals surface area contributed by atoms with Crippen LogP contribution in [0.1, 0.15) is 22.8 Å². The zero-order valence-corrected chi connectivity index (χ0v) is 12.8. The van der Waals surface area contributed by atoms with Crippen molar-refractivity contribution >= 4 is 15.9 Å². The Morgan fingerprint density at radius 2 is 1.81 bits per heavy atom. The van der Waals surface area contributed by atoms with Crippen molar-refractivity contribution in [2.75, 3.05) is 0 Å². The first-order valence-electron chi connectivity index (χ1n) is 6.67. The first-order valence-corrected chi connectivity index (χ1v) is 7.46. The van der Waals surface area contributed by atoms with E-state index in [-0.39, 0.29) is 5.56 Å². The van der Waals surface area contributed by atoms with Crippen molar-refractivity contribution in [3.8, 4) is 6.07 Å². The topological polar surface area (TPSA) is 44.0 Å². The minimum Gasteiger partial charge on any atom is -0.387 e. The molecule has 4 heteroatoms. The fraction of sp³-hybridized carbons (Fsp3) is 0.235. The Hall–Kier alpha value is -1.70. The highest BCUT2D eigenvalue weighted by molar-refractivity contribution is 9.10. The Kier molecular flexibility index (Phi) is 3.56. The van der Waals surface area contributed by atoms with Gasteiger partial charge in [0.25, 0.3) is 0 Å². The summed E-state index contributed by atoms with van der Waals surface area (Å²) in [6, 6.07) is 14.5. The van der Waals surface area contributed by atoms with Gasteiger partial charge in [0.05, 0.1) is 11.5 Å². The van der Waals surface area contributed by atoms with Gasteiger partial charge in [-0.05, 0) is 36.1 Å². The molecule has 0 radical (unpaired) electrons. The van der Waals surface area contributed by atoms with E-state index in [9.17, 15) is 14.8 Å². The standard InChI is InChI=1S/C17H13BrFNO/c18-13-5-6-14(15(19)7-13)16(21)17(10-20)8-11-3-1-2-4-12(11)9-17/h1-7,16,21H,8-9H2. The molecule has 0 saturated carbocycles. The summed E-state index contributed by atoms with van der Waals surface area (Å²) in [7, 11) is 0. The highest BCUT2D eigenvalue weighted by Gasteiger charge is 2.45. The van der Waals surface area contributed by atoms with Crippen LogP contribution in [0, 0.1) is 22.6 Å². The third kappa shape index (κ3) is 2.37. The number of nitrogens with zero attached hydrogens (tertiary/aromatic N) is 1. The monoisotopic (exact) mass is 345 g/mol. The number of hydrogen-bond acceptors (Lipinski definition) is 2. The number of aliphatic hydroxyl groups excluding tert-OH is 1. The summed E-state index contributed by atoms with van der Waals surface area (Å²) in [5, 5.41) is 20.3. The average Bonchev–Trinajstić information content (AvgIpc) is 2.86. The van der Waals surface area contributed by atoms with Crippen LogP contribution in [0.2, 0.25) is 0 Å². The van der Waals surface area contributed by atoms with Crippen molar-refractivity contribution in [3.05, 3.63) is 69.4 Å². The minimum atomic E-state index is -1.15. The molecule has 0 aromatic heterocycles. The lowest BCUT2D eigenvalue weighted by molar-refractivity contribution is 0.0661. The molecule has 1 N–H and O–H groups in total. The van der Waals surface area contributed by atoms with Crippen LogP contribution >= 0.6 is 15.9 Å². The van der Waals surface area contributed by atoms with E-state index in [0.717, 1.165) is 11.1 Å². The molecule has 21 heavy (non-hydrogen) atoms. The number of fused-ring (bicyclic) bond motifs is 1. The summed E-state index contributed by atoms with van der Waals surface area (Å²) in [4.78, 5) is 0. The van der Waals surface area contributed by atoms with Gasteiger partial charge in [-0.15, -0.1) is 0 Å². The molecule has 2 aromatic carbocycles. The van der Waals surface area contributed by atoms with Crippen molar-refractivity contribution in [1.82, 2.24) is 0 Å². The van der Waals surface area contributed by atoms with Crippen LogP contribution in [0.4, 0.5) is 4.39 Å². The summed E-state index contributed by atoms with van der Waals surface area (Å²) in [6.45, 7) is 0. The second-order valence-electron chi connectivity index (χ2n) is 5.46. The third-order valence-electron chi connectivity index (χ3n) is 4.13. The molecule has 2 nitrogen and oxygen atoms in total. The molecule has 0 heterocycles. The molecule has 1 unspecified atom stereocenters. The fourth-order valence-corrected chi connectivity index (χ4v) is 3.33. The van der Waals surface area contributed by atoms with Crippen molar-refractivity contribution in [2.45, 2.75) is 18.9 Å². The van der Waals surface area contributed by atoms with Crippen LogP contribution in [0.5, 0.6) is 0 Å². The molecule has 1 aliphatic carbocycles. The van der Waals surface area contributed by atoms with Crippen LogP contribution in [-0.2, 0) is 12.8 Å². The SMILES string of the molecule is N#CC1(C(O)c2ccc(Br)cc2F)Cc2ccccc2C1. The second kappa shape index (κ2) is 5.25. The Bertz CT molecular complexity index is 713. The summed E-state index contributed by atoms with van der Waals surface area (Å²) in [6.07, 6.45) is -0.268. The molecule has 0 amide bonds. The van der Waals surface area contributed by atoms with Crippen molar-refractivity contribution in [3.63, 3.8) is 0 Å². The van der Waals surface area contributed by atoms with Gasteiger partial charge in [-0.1, -0.05) is 46.3 Å². The van der Waals surface area contributed by atoms with E-state index in [0.29, 0.717) is 17.3 Å². The predicted molar refractivity (Wildman–Crippen MR) is 81.0 cm³/mol. The zero-order chi connectivity index (χ0) is 15.0. The molecule has 3 rings (SSSR count). The highest BCUT2D eigenvalue weighted by atomic mass is 79.9. The molecule has 2 aromatic rings. The maximum Gasteiger partial charge on any atom is 0.130 e. The molecule has 1 aliphatic rings. The van der Waals surface area contributed by atoms with Gasteiger partial charge in [-0.3, -0.25) is 0 Å². The number of rotatable bonds is 2. The van der Waals surface area contributed by atoms with E-state index < -0.39 is 17.3 Å². The van der Waals surface area contributed by atoms with Crippen molar-refractivity contribution < 1.29 is 9.50 Å². The predicted octanol–water partition coefficient (Wildman–Crippen LogP) is 3.93. The number of nitriles is 1. The van der Waals surface area contributed by atoms with Gasteiger partial charge >= 0.3 is 0 Å². The summed E-state index contributed by atoms with van der Waals surface area (Å²) < 4.78 is 14.7. The van der Waals surface area contributed by atoms with Gasteiger partial charge in [0.1, 0.15) is 11.9 Å². The average molecular weight is 346 g/mol. The van der Waals surface area contributed by atoms with Gasteiger partial charge < -0.3 is 5.11 Å². The molecule has 0 bridgehead atoms. The normalized spacial score (nSPS) is 17.0. The second-order valence-corrected chi connectivity index (χ2v) is 6.37. The van der Waals surface area contributed by atoms with Crippen LogP contribution in [0.15, 0.2) is 46.9 Å². The zero-order valence-electron chi connectivity index (χ0n) is 11.2. The fourth-order valence-electron chi connectivity index (χ4n) is 3.00. The Morgan fingerprint density at radius 3 is 2.33 bits per heavy atom. The Balaban J connectivity index is 2.00. The van der Waals surface area contributed by atoms with Gasteiger partial charge in [0.2, 0.25) is 0 Å². The van der Waals surface area contributed by atoms with Crippen LogP contribution in [-0.4, -0.2) is 5.11 Å². The van der Waals surface area contributed by atoms with Gasteiger partial charge in [-0.2, -0.15) is 5.26 Å². The molecule has 0 spiro atoms. The molecule has 1 atom stereocenters. The number of halogens is 2. The van der Waals surface area contributed by atoms with Crippen LogP contribution in [0.3, 0.4) is 0 Å². The number of aliphatic hydroxyl groups is 1. The Labute approximate surface area is 131 Å². The Morgan fingerprint density at radius 1 is 1.19 bits per heavy atom. The third-order valence-corrected chi connectivity index (χ3v) is 4.63. The molecule has 0 aliphatic heterocycles. The van der Waals surface area contributed by atoms with E-state index >= 15 is 0 Å². The molecular weight excluding hydrogens is 333 g/mol. The van der Waals surface area contributed by atoms with Crippen LogP contribution in [0.25, 0.3) is 0 Å². The summed E-state index contributed by atoms with van der Waals surface area (Å²) in [5.74, 6) is -0.498. The first kappa shape index (κ1) is 14.2. The van der Waals surface area contributed by atoms with Crippen molar-refractivity contribution in [2.24, 2.45) is 5.41 Å². The van der Waals surface area contributed by atoms with Crippen LogP contribution < -0.4 is 0 Å². The van der Waals surface area contributed by atoms with Gasteiger partial charge in [0, 0.05) is 10.0 Å². The van der Waals surface area contributed by atoms with Gasteiger partial charge in [-0.25, -0.2) is 4.39 Å². The first-order chi connectivity index (χ1) is 10.1. The maximum atomic E-state index is 14.1. The largest absolute Gasteiger partial charge is 0.387 e. The smallest absolute Gasteiger partial charge is 0.130 e. The van der Waals surface area contributed by atoms with Crippen molar-refractivity contribution in [1.29, 1.82) is 5.26 Å². The maximum absolute atomic E-state index is 14.1. The highest BCUT2D eigenvalue weighted by Crippen LogP contribution is 2.46. The van der Waals surface area contributed by atoms with E-state index in [4.69, 9.17) is 0 Å². The van der Waals surface area contributed by atoms with E-state index in [2.05, 4.69) is 22.0 Å². The summed E-state index contributed by atoms with van der Waals surface area (Å²) in [5.41, 5.74) is 1.28. The lowest BCUT2D eigenvalue weighted by atomic mass is 9.77. The lowest BCUT2D eigenvalue weighted by Gasteiger charge is -2.27. The quantitative estimate of drug-likeness (QED) is 0.896. The van der Waals surface area contributed by atoms with E-state index in [1.165, 1.54) is 12.1 Å². The van der Waals surface area contributed by atoms with E-state index in [1.807, 2.05) is 24.3 Å². The lowest BCUT2D eigenvalue weighted by Crippen LogP contribution is -2.29. The number of benzene rings is 2. The minimum absolute atomic E-state index is 0.174. The molecular formula is C17H13BrFNO. The van der Waals surface area contributed by atoms with Gasteiger partial charge in [0.15, 0.2) is 0 Å². The summed E-state index contributed by atoms with van der Waals surface area (Å²) >= 11 is 3.20. The number of hydrogen-bond donors (Lipinski definition) is 1. The molecule has 106 valence electrons.